The van der Waals surface area contributed by atoms with Crippen molar-refractivity contribution >= 4 is 0 Å². The molecule has 2 rings (SSSR count). The van der Waals surface area contributed by atoms with E-state index in [1.165, 1.54) is 6.07 Å². The Kier molecular flexibility index (Phi) is 4.62. The van der Waals surface area contributed by atoms with Gasteiger partial charge in [0.1, 0.15) is 5.82 Å². The van der Waals surface area contributed by atoms with Crippen LogP contribution in [0.5, 0.6) is 0 Å². The Morgan fingerprint density at radius 2 is 2.10 bits per heavy atom. The number of rotatable bonds is 3. The maximum Gasteiger partial charge on any atom is 0.419 e. The summed E-state index contributed by atoms with van der Waals surface area (Å²) in [6.45, 7) is 2.54. The SMILES string of the molecule is NCC1CN(Cc2ccc(C(F)(F)F)c(F)c2)CCO1. The highest BCUT2D eigenvalue weighted by molar-refractivity contribution is 5.26. The molecule has 0 aliphatic carbocycles. The fourth-order valence-electron chi connectivity index (χ4n) is 2.21. The van der Waals surface area contributed by atoms with E-state index in [2.05, 4.69) is 0 Å². The van der Waals surface area contributed by atoms with E-state index in [1.807, 2.05) is 4.90 Å². The first-order valence-electron chi connectivity index (χ1n) is 6.30. The minimum atomic E-state index is -4.66. The molecule has 0 amide bonds. The Morgan fingerprint density at radius 3 is 2.70 bits per heavy atom. The van der Waals surface area contributed by atoms with E-state index in [9.17, 15) is 17.6 Å². The van der Waals surface area contributed by atoms with Gasteiger partial charge >= 0.3 is 6.18 Å². The molecule has 0 bridgehead atoms. The van der Waals surface area contributed by atoms with Crippen LogP contribution in [0.1, 0.15) is 11.1 Å². The lowest BCUT2D eigenvalue weighted by Gasteiger charge is -2.32. The van der Waals surface area contributed by atoms with Crippen molar-refractivity contribution in [2.24, 2.45) is 5.73 Å². The molecule has 0 aromatic heterocycles. The summed E-state index contributed by atoms with van der Waals surface area (Å²) in [7, 11) is 0. The number of halogens is 4. The molecule has 112 valence electrons. The highest BCUT2D eigenvalue weighted by atomic mass is 19.4. The van der Waals surface area contributed by atoms with Crippen molar-refractivity contribution in [3.63, 3.8) is 0 Å². The van der Waals surface area contributed by atoms with Crippen molar-refractivity contribution in [3.8, 4) is 0 Å². The van der Waals surface area contributed by atoms with Crippen LogP contribution < -0.4 is 5.73 Å². The minimum Gasteiger partial charge on any atom is -0.374 e. The summed E-state index contributed by atoms with van der Waals surface area (Å²) in [6, 6.07) is 3.03. The summed E-state index contributed by atoms with van der Waals surface area (Å²) < 4.78 is 56.2. The van der Waals surface area contributed by atoms with Gasteiger partial charge in [-0.1, -0.05) is 6.07 Å². The lowest BCUT2D eigenvalue weighted by Crippen LogP contribution is -2.45. The van der Waals surface area contributed by atoms with Gasteiger partial charge in [-0.05, 0) is 17.7 Å². The molecule has 0 spiro atoms. The van der Waals surface area contributed by atoms with Gasteiger partial charge in [0, 0.05) is 26.2 Å². The largest absolute Gasteiger partial charge is 0.419 e. The molecule has 1 aliphatic heterocycles. The fraction of sp³-hybridized carbons (Fsp3) is 0.538. The average Bonchev–Trinajstić information content (AvgIpc) is 2.37. The zero-order valence-electron chi connectivity index (χ0n) is 10.8. The molecule has 1 aromatic rings. The Bertz CT molecular complexity index is 464. The summed E-state index contributed by atoms with van der Waals surface area (Å²) in [5.41, 5.74) is 4.79. The maximum absolute atomic E-state index is 13.5. The van der Waals surface area contributed by atoms with Gasteiger partial charge in [-0.2, -0.15) is 13.2 Å². The molecule has 1 saturated heterocycles. The predicted octanol–water partition coefficient (Wildman–Crippen LogP) is 2.00. The van der Waals surface area contributed by atoms with Crippen LogP contribution in [0.25, 0.3) is 0 Å². The van der Waals surface area contributed by atoms with Crippen LogP contribution in [0.15, 0.2) is 18.2 Å². The molecule has 0 saturated carbocycles. The topological polar surface area (TPSA) is 38.5 Å². The van der Waals surface area contributed by atoms with E-state index in [-0.39, 0.29) is 6.10 Å². The molecule has 1 atom stereocenters. The number of nitrogens with two attached hydrogens (primary N) is 1. The third-order valence-electron chi connectivity index (χ3n) is 3.23. The standard InChI is InChI=1S/C13H16F4N2O/c14-12-5-9(1-2-11(12)13(15,16)17)7-19-3-4-20-10(6-18)8-19/h1-2,5,10H,3-4,6-8,18H2. The lowest BCUT2D eigenvalue weighted by molar-refractivity contribution is -0.140. The number of alkyl halides is 3. The van der Waals surface area contributed by atoms with Crippen molar-refractivity contribution in [1.29, 1.82) is 0 Å². The Morgan fingerprint density at radius 1 is 1.35 bits per heavy atom. The fourth-order valence-corrected chi connectivity index (χ4v) is 2.21. The number of morpholine rings is 1. The van der Waals surface area contributed by atoms with Gasteiger partial charge in [-0.25, -0.2) is 4.39 Å². The number of benzene rings is 1. The Balaban J connectivity index is 2.05. The molecule has 1 aromatic carbocycles. The van der Waals surface area contributed by atoms with Gasteiger partial charge in [-0.15, -0.1) is 0 Å². The maximum atomic E-state index is 13.5. The van der Waals surface area contributed by atoms with Crippen molar-refractivity contribution in [2.75, 3.05) is 26.2 Å². The molecule has 2 N–H and O–H groups in total. The number of nitrogens with zero attached hydrogens (tertiary/aromatic N) is 1. The monoisotopic (exact) mass is 292 g/mol. The number of ether oxygens (including phenoxy) is 1. The molecule has 1 fully saturated rings. The minimum absolute atomic E-state index is 0.0805. The summed E-state index contributed by atoms with van der Waals surface area (Å²) in [6.07, 6.45) is -4.74. The van der Waals surface area contributed by atoms with E-state index in [0.717, 1.165) is 12.1 Å². The smallest absolute Gasteiger partial charge is 0.374 e. The van der Waals surface area contributed by atoms with E-state index in [0.29, 0.717) is 38.3 Å². The second-order valence-corrected chi connectivity index (χ2v) is 4.78. The average molecular weight is 292 g/mol. The molecule has 1 heterocycles. The zero-order chi connectivity index (χ0) is 14.8. The van der Waals surface area contributed by atoms with Crippen molar-refractivity contribution in [2.45, 2.75) is 18.8 Å². The van der Waals surface area contributed by atoms with Crippen LogP contribution in [-0.2, 0) is 17.5 Å². The predicted molar refractivity (Wildman–Crippen MR) is 65.5 cm³/mol. The normalized spacial score (nSPS) is 21.1. The van der Waals surface area contributed by atoms with E-state index in [4.69, 9.17) is 10.5 Å². The van der Waals surface area contributed by atoms with Gasteiger partial charge in [0.2, 0.25) is 0 Å². The molecule has 7 heteroatoms. The molecule has 1 unspecified atom stereocenters. The molecular formula is C13H16F4N2O. The van der Waals surface area contributed by atoms with Crippen LogP contribution in [0.2, 0.25) is 0 Å². The first-order chi connectivity index (χ1) is 9.40. The second kappa shape index (κ2) is 6.07. The van der Waals surface area contributed by atoms with E-state index < -0.39 is 17.6 Å². The van der Waals surface area contributed by atoms with Crippen LogP contribution in [0.4, 0.5) is 17.6 Å². The molecule has 3 nitrogen and oxygen atoms in total. The summed E-state index contributed by atoms with van der Waals surface area (Å²) >= 11 is 0. The zero-order valence-corrected chi connectivity index (χ0v) is 10.8. The first kappa shape index (κ1) is 15.2. The quantitative estimate of drug-likeness (QED) is 0.866. The second-order valence-electron chi connectivity index (χ2n) is 4.78. The van der Waals surface area contributed by atoms with Gasteiger partial charge in [0.15, 0.2) is 0 Å². The highest BCUT2D eigenvalue weighted by Gasteiger charge is 2.34. The number of hydrogen-bond acceptors (Lipinski definition) is 3. The summed E-state index contributed by atoms with van der Waals surface area (Å²) in [5, 5.41) is 0. The highest BCUT2D eigenvalue weighted by Crippen LogP contribution is 2.31. The molecule has 20 heavy (non-hydrogen) atoms. The third-order valence-corrected chi connectivity index (χ3v) is 3.23. The van der Waals surface area contributed by atoms with Crippen molar-refractivity contribution in [3.05, 3.63) is 35.1 Å². The van der Waals surface area contributed by atoms with Crippen molar-refractivity contribution in [1.82, 2.24) is 4.90 Å². The summed E-state index contributed by atoms with van der Waals surface area (Å²) in [4.78, 5) is 1.99. The van der Waals surface area contributed by atoms with Gasteiger partial charge in [0.05, 0.1) is 18.3 Å². The molecule has 0 radical (unpaired) electrons. The van der Waals surface area contributed by atoms with E-state index >= 15 is 0 Å². The van der Waals surface area contributed by atoms with E-state index in [1.54, 1.807) is 0 Å². The first-order valence-corrected chi connectivity index (χ1v) is 6.30. The third kappa shape index (κ3) is 3.68. The lowest BCUT2D eigenvalue weighted by atomic mass is 10.1. The van der Waals surface area contributed by atoms with Gasteiger partial charge in [0.25, 0.3) is 0 Å². The van der Waals surface area contributed by atoms with Crippen LogP contribution in [0, 0.1) is 5.82 Å². The Hall–Kier alpha value is -1.18. The Labute approximate surface area is 114 Å². The van der Waals surface area contributed by atoms with Crippen LogP contribution in [0.3, 0.4) is 0 Å². The van der Waals surface area contributed by atoms with Crippen molar-refractivity contribution < 1.29 is 22.3 Å². The van der Waals surface area contributed by atoms with Crippen LogP contribution >= 0.6 is 0 Å². The number of hydrogen-bond donors (Lipinski definition) is 1. The van der Waals surface area contributed by atoms with Gasteiger partial charge in [-0.3, -0.25) is 4.90 Å². The van der Waals surface area contributed by atoms with Gasteiger partial charge < -0.3 is 10.5 Å². The molecule has 1 aliphatic rings. The van der Waals surface area contributed by atoms with Crippen LogP contribution in [-0.4, -0.2) is 37.2 Å². The summed E-state index contributed by atoms with van der Waals surface area (Å²) in [5.74, 6) is -1.24. The molecular weight excluding hydrogens is 276 g/mol.